The van der Waals surface area contributed by atoms with E-state index in [1.807, 2.05) is 6.26 Å². The van der Waals surface area contributed by atoms with Crippen molar-refractivity contribution in [1.82, 2.24) is 9.55 Å². The fourth-order valence-corrected chi connectivity index (χ4v) is 3.93. The maximum Gasteiger partial charge on any atom is 0.274 e. The summed E-state index contributed by atoms with van der Waals surface area (Å²) >= 11 is 1.34. The van der Waals surface area contributed by atoms with Crippen molar-refractivity contribution in [2.45, 2.75) is 5.16 Å². The number of nitrogens with one attached hydrogen (secondary N) is 2. The van der Waals surface area contributed by atoms with Gasteiger partial charge in [0.15, 0.2) is 5.16 Å². The van der Waals surface area contributed by atoms with E-state index in [0.29, 0.717) is 22.3 Å². The molecule has 7 nitrogen and oxygen atoms in total. The fourth-order valence-electron chi connectivity index (χ4n) is 3.38. The highest BCUT2D eigenvalue weighted by Gasteiger charge is 2.19. The second-order valence-electron chi connectivity index (χ2n) is 7.28. The van der Waals surface area contributed by atoms with Gasteiger partial charge in [-0.3, -0.25) is 14.2 Å². The fraction of sp³-hybridized carbons (Fsp3) is 0.0800. The summed E-state index contributed by atoms with van der Waals surface area (Å²) in [6.07, 6.45) is 3.25. The van der Waals surface area contributed by atoms with Crippen molar-refractivity contribution < 1.29 is 23.1 Å². The van der Waals surface area contributed by atoms with Gasteiger partial charge in [0.25, 0.3) is 11.8 Å². The van der Waals surface area contributed by atoms with Gasteiger partial charge in [-0.1, -0.05) is 17.8 Å². The smallest absolute Gasteiger partial charge is 0.274 e. The third-order valence-corrected chi connectivity index (χ3v) is 5.67. The number of anilines is 2. The van der Waals surface area contributed by atoms with Crippen molar-refractivity contribution >= 4 is 35.0 Å². The van der Waals surface area contributed by atoms with Crippen molar-refractivity contribution in [3.05, 3.63) is 95.8 Å². The first kappa shape index (κ1) is 24.0. The number of benzene rings is 3. The van der Waals surface area contributed by atoms with Crippen LogP contribution in [0.1, 0.15) is 20.8 Å². The lowest BCUT2D eigenvalue weighted by atomic mass is 10.2. The molecule has 0 fully saturated rings. The van der Waals surface area contributed by atoms with Crippen molar-refractivity contribution in [1.29, 1.82) is 0 Å². The van der Waals surface area contributed by atoms with Crippen LogP contribution in [0.25, 0.3) is 5.69 Å². The average molecular weight is 495 g/mol. The summed E-state index contributed by atoms with van der Waals surface area (Å²) < 4.78 is 33.8. The van der Waals surface area contributed by atoms with Crippen LogP contribution in [0.2, 0.25) is 0 Å². The van der Waals surface area contributed by atoms with Crippen LogP contribution in [-0.2, 0) is 0 Å². The molecule has 3 aromatic carbocycles. The van der Waals surface area contributed by atoms with Crippen molar-refractivity contribution in [2.24, 2.45) is 0 Å². The zero-order valence-corrected chi connectivity index (χ0v) is 19.5. The highest BCUT2D eigenvalue weighted by molar-refractivity contribution is 7.98. The number of imidazole rings is 1. The highest BCUT2D eigenvalue weighted by Crippen LogP contribution is 2.29. The van der Waals surface area contributed by atoms with E-state index in [4.69, 9.17) is 4.74 Å². The van der Waals surface area contributed by atoms with Crippen LogP contribution >= 0.6 is 11.8 Å². The lowest BCUT2D eigenvalue weighted by Crippen LogP contribution is -2.17. The molecule has 0 spiro atoms. The molecule has 0 unspecified atom stereocenters. The molecule has 0 saturated carbocycles. The van der Waals surface area contributed by atoms with E-state index in [1.165, 1.54) is 61.5 Å². The zero-order valence-electron chi connectivity index (χ0n) is 18.7. The summed E-state index contributed by atoms with van der Waals surface area (Å²) in [5.41, 5.74) is 1.62. The van der Waals surface area contributed by atoms with Crippen LogP contribution in [0.5, 0.6) is 5.75 Å². The Labute approximate surface area is 204 Å². The molecule has 35 heavy (non-hydrogen) atoms. The van der Waals surface area contributed by atoms with Gasteiger partial charge in [-0.2, -0.15) is 0 Å². The molecule has 0 aliphatic rings. The Bertz CT molecular complexity index is 1390. The number of hydrogen-bond donors (Lipinski definition) is 2. The highest BCUT2D eigenvalue weighted by atomic mass is 32.2. The van der Waals surface area contributed by atoms with Crippen molar-refractivity contribution in [3.8, 4) is 11.4 Å². The van der Waals surface area contributed by atoms with Gasteiger partial charge in [-0.05, 0) is 66.9 Å². The number of carbonyl (C=O) groups excluding carboxylic acids is 2. The molecule has 4 rings (SSSR count). The van der Waals surface area contributed by atoms with Gasteiger partial charge in [0.1, 0.15) is 23.1 Å². The largest absolute Gasteiger partial charge is 0.495 e. The Morgan fingerprint density at radius 2 is 1.71 bits per heavy atom. The molecule has 1 heterocycles. The number of ether oxygens (including phenoxy) is 1. The lowest BCUT2D eigenvalue weighted by Gasteiger charge is -2.14. The van der Waals surface area contributed by atoms with Gasteiger partial charge in [-0.25, -0.2) is 13.8 Å². The molecule has 10 heteroatoms. The van der Waals surface area contributed by atoms with Crippen LogP contribution in [0.4, 0.5) is 20.2 Å². The van der Waals surface area contributed by atoms with Gasteiger partial charge in [-0.15, -0.1) is 0 Å². The summed E-state index contributed by atoms with van der Waals surface area (Å²) in [6, 6.07) is 15.7. The maximum atomic E-state index is 13.5. The summed E-state index contributed by atoms with van der Waals surface area (Å²) in [5.74, 6) is -1.57. The zero-order chi connectivity index (χ0) is 24.9. The van der Waals surface area contributed by atoms with E-state index >= 15 is 0 Å². The summed E-state index contributed by atoms with van der Waals surface area (Å²) in [7, 11) is 1.44. The third-order valence-electron chi connectivity index (χ3n) is 5.02. The van der Waals surface area contributed by atoms with E-state index in [2.05, 4.69) is 15.6 Å². The van der Waals surface area contributed by atoms with E-state index in [0.717, 1.165) is 6.07 Å². The Kier molecular flexibility index (Phi) is 7.11. The minimum Gasteiger partial charge on any atom is -0.495 e. The molecule has 0 bridgehead atoms. The second kappa shape index (κ2) is 10.4. The average Bonchev–Trinajstić information content (AvgIpc) is 3.29. The molecule has 4 aromatic rings. The van der Waals surface area contributed by atoms with E-state index in [1.54, 1.807) is 28.8 Å². The van der Waals surface area contributed by atoms with Gasteiger partial charge in [0.05, 0.1) is 19.0 Å². The monoisotopic (exact) mass is 494 g/mol. The molecule has 2 N–H and O–H groups in total. The number of carbonyl (C=O) groups is 2. The Morgan fingerprint density at radius 3 is 2.40 bits per heavy atom. The molecule has 0 atom stereocenters. The van der Waals surface area contributed by atoms with Crippen molar-refractivity contribution in [3.63, 3.8) is 0 Å². The molecule has 1 aromatic heterocycles. The van der Waals surface area contributed by atoms with Gasteiger partial charge in [0.2, 0.25) is 0 Å². The molecular weight excluding hydrogens is 474 g/mol. The minimum atomic E-state index is -0.537. The van der Waals surface area contributed by atoms with Gasteiger partial charge < -0.3 is 15.4 Å². The maximum absolute atomic E-state index is 13.5. The second-order valence-corrected chi connectivity index (χ2v) is 8.05. The number of thioether (sulfide) groups is 1. The first-order valence-corrected chi connectivity index (χ1v) is 11.6. The quantitative estimate of drug-likeness (QED) is 0.337. The van der Waals surface area contributed by atoms with Crippen LogP contribution in [0.15, 0.2) is 78.1 Å². The van der Waals surface area contributed by atoms with Gasteiger partial charge in [0, 0.05) is 16.9 Å². The Hall–Kier alpha value is -4.18. The van der Waals surface area contributed by atoms with E-state index in [-0.39, 0.29) is 16.9 Å². The predicted octanol–water partition coefficient (Wildman–Crippen LogP) is 5.39. The van der Waals surface area contributed by atoms with E-state index < -0.39 is 23.4 Å². The minimum absolute atomic E-state index is 0.134. The number of halogens is 2. The Morgan fingerprint density at radius 1 is 0.943 bits per heavy atom. The topological polar surface area (TPSA) is 85.2 Å². The van der Waals surface area contributed by atoms with Crippen LogP contribution in [-0.4, -0.2) is 34.7 Å². The predicted molar refractivity (Wildman–Crippen MR) is 131 cm³/mol. The summed E-state index contributed by atoms with van der Waals surface area (Å²) in [6.45, 7) is 0. The molecule has 0 saturated heterocycles. The van der Waals surface area contributed by atoms with E-state index in [9.17, 15) is 18.4 Å². The number of amides is 2. The SMILES string of the molecule is COc1ccc(NC(=O)c2cnc(SC)n2-c2ccc(F)cc2)cc1NC(=O)c1cccc(F)c1. The normalized spacial score (nSPS) is 10.6. The molecule has 0 aliphatic carbocycles. The number of rotatable bonds is 7. The van der Waals surface area contributed by atoms with Crippen LogP contribution in [0.3, 0.4) is 0 Å². The van der Waals surface area contributed by atoms with Crippen LogP contribution < -0.4 is 15.4 Å². The number of methoxy groups -OCH3 is 1. The molecule has 0 aliphatic heterocycles. The van der Waals surface area contributed by atoms with Gasteiger partial charge >= 0.3 is 0 Å². The first-order chi connectivity index (χ1) is 16.9. The number of aromatic nitrogens is 2. The third kappa shape index (κ3) is 5.33. The summed E-state index contributed by atoms with van der Waals surface area (Å²) in [5, 5.41) is 6.01. The first-order valence-electron chi connectivity index (χ1n) is 10.3. The number of nitrogens with zero attached hydrogens (tertiary/aromatic N) is 2. The molecule has 2 amide bonds. The van der Waals surface area contributed by atoms with Crippen molar-refractivity contribution in [2.75, 3.05) is 24.0 Å². The lowest BCUT2D eigenvalue weighted by molar-refractivity contribution is 0.101. The summed E-state index contributed by atoms with van der Waals surface area (Å²) in [4.78, 5) is 30.0. The Balaban J connectivity index is 1.60. The molecule has 0 radical (unpaired) electrons. The molecular formula is C25H20F2N4O3S. The molecule has 178 valence electrons. The number of hydrogen-bond acceptors (Lipinski definition) is 5. The standard InChI is InChI=1S/C25H20F2N4O3S/c1-34-22-11-8-18(13-20(22)30-23(32)15-4-3-5-17(27)12-15)29-24(33)21-14-28-25(35-2)31(21)19-9-6-16(26)7-10-19/h3-14H,1-2H3,(H,29,33)(H,30,32). The van der Waals surface area contributed by atoms with Crippen LogP contribution in [0, 0.1) is 11.6 Å².